The van der Waals surface area contributed by atoms with Gasteiger partial charge in [0.05, 0.1) is 0 Å². The van der Waals surface area contributed by atoms with E-state index in [0.717, 1.165) is 17.7 Å². The molecule has 0 spiro atoms. The lowest BCUT2D eigenvalue weighted by Crippen LogP contribution is -2.38. The Hall–Kier alpha value is -0.510. The van der Waals surface area contributed by atoms with Crippen molar-refractivity contribution in [2.75, 3.05) is 31.9 Å². The number of hydrogen-bond acceptors (Lipinski definition) is 3. The van der Waals surface area contributed by atoms with Crippen LogP contribution in [0.1, 0.15) is 69.8 Å². The highest BCUT2D eigenvalue weighted by Crippen LogP contribution is 2.29. The highest BCUT2D eigenvalue weighted by molar-refractivity contribution is 7.98. The third-order valence-corrected chi connectivity index (χ3v) is 7.48. The molecular weight excluding hydrogens is 348 g/mol. The third-order valence-electron chi connectivity index (χ3n) is 6.36. The molecule has 0 bridgehead atoms. The van der Waals surface area contributed by atoms with Crippen LogP contribution in [0.2, 0.25) is 0 Å². The van der Waals surface area contributed by atoms with Crippen LogP contribution in [0.4, 0.5) is 0 Å². The summed E-state index contributed by atoms with van der Waals surface area (Å²) in [6.07, 6.45) is 14.4. The summed E-state index contributed by atoms with van der Waals surface area (Å²) >= 11 is 2.06. The molecule has 0 aromatic heterocycles. The molecule has 0 amide bonds. The van der Waals surface area contributed by atoms with Crippen molar-refractivity contribution in [3.05, 3.63) is 35.9 Å². The minimum Gasteiger partial charge on any atom is -0.317 e. The Morgan fingerprint density at radius 2 is 1.59 bits per heavy atom. The molecule has 27 heavy (non-hydrogen) atoms. The van der Waals surface area contributed by atoms with E-state index in [1.54, 1.807) is 0 Å². The molecule has 2 aliphatic rings. The normalized spacial score (nSPS) is 18.7. The average molecular weight is 389 g/mol. The summed E-state index contributed by atoms with van der Waals surface area (Å²) in [4.78, 5) is 2.88. The van der Waals surface area contributed by atoms with E-state index in [-0.39, 0.29) is 0 Å². The minimum atomic E-state index is 0.903. The van der Waals surface area contributed by atoms with E-state index in [1.165, 1.54) is 102 Å². The van der Waals surface area contributed by atoms with Gasteiger partial charge >= 0.3 is 0 Å². The molecule has 0 unspecified atom stereocenters. The highest BCUT2D eigenvalue weighted by atomic mass is 32.2. The highest BCUT2D eigenvalue weighted by Gasteiger charge is 2.25. The predicted molar refractivity (Wildman–Crippen MR) is 120 cm³/mol. The molecule has 152 valence electrons. The van der Waals surface area contributed by atoms with E-state index in [1.807, 2.05) is 0 Å². The van der Waals surface area contributed by atoms with Crippen LogP contribution in [0.5, 0.6) is 0 Å². The van der Waals surface area contributed by atoms with Gasteiger partial charge in [0.15, 0.2) is 0 Å². The van der Waals surface area contributed by atoms with Gasteiger partial charge in [-0.15, -0.1) is 0 Å². The van der Waals surface area contributed by atoms with Crippen molar-refractivity contribution >= 4 is 11.8 Å². The lowest BCUT2D eigenvalue weighted by atomic mass is 10.1. The maximum absolute atomic E-state index is 3.68. The van der Waals surface area contributed by atoms with Crippen LogP contribution < -0.4 is 5.32 Å². The first-order valence-electron chi connectivity index (χ1n) is 11.5. The van der Waals surface area contributed by atoms with Crippen LogP contribution in [0.25, 0.3) is 0 Å². The van der Waals surface area contributed by atoms with Gasteiger partial charge in [0, 0.05) is 18.3 Å². The predicted octanol–water partition coefficient (Wildman–Crippen LogP) is 5.72. The molecule has 3 rings (SSSR count). The zero-order chi connectivity index (χ0) is 18.6. The Balaban J connectivity index is 1.21. The Bertz CT molecular complexity index is 480. The third kappa shape index (κ3) is 8.17. The first-order valence-corrected chi connectivity index (χ1v) is 12.6. The second-order valence-electron chi connectivity index (χ2n) is 8.58. The number of hydrogen-bond donors (Lipinski definition) is 1. The van der Waals surface area contributed by atoms with Crippen molar-refractivity contribution in [1.29, 1.82) is 0 Å². The maximum atomic E-state index is 3.68. The van der Waals surface area contributed by atoms with Crippen LogP contribution in [-0.4, -0.2) is 42.9 Å². The summed E-state index contributed by atoms with van der Waals surface area (Å²) in [5.74, 6) is 3.41. The van der Waals surface area contributed by atoms with Crippen molar-refractivity contribution in [2.45, 2.75) is 76.0 Å². The molecule has 0 atom stereocenters. The molecule has 2 aliphatic carbocycles. The van der Waals surface area contributed by atoms with E-state index in [9.17, 15) is 0 Å². The SMILES string of the molecule is c1ccc(CSCCCNCCCN(CC2CCCC2)C2CCCC2)cc1. The van der Waals surface area contributed by atoms with E-state index in [0.29, 0.717) is 0 Å². The average Bonchev–Trinajstić information content (AvgIpc) is 3.40. The first-order chi connectivity index (χ1) is 13.4. The number of rotatable bonds is 13. The van der Waals surface area contributed by atoms with Crippen LogP contribution >= 0.6 is 11.8 Å². The lowest BCUT2D eigenvalue weighted by Gasteiger charge is -2.31. The Kier molecular flexibility index (Phi) is 10.1. The topological polar surface area (TPSA) is 15.3 Å². The summed E-state index contributed by atoms with van der Waals surface area (Å²) in [7, 11) is 0. The Morgan fingerprint density at radius 3 is 2.37 bits per heavy atom. The second kappa shape index (κ2) is 12.9. The van der Waals surface area contributed by atoms with Crippen molar-refractivity contribution in [2.24, 2.45) is 5.92 Å². The molecule has 1 aromatic carbocycles. The zero-order valence-corrected chi connectivity index (χ0v) is 18.0. The van der Waals surface area contributed by atoms with Crippen LogP contribution in [0.3, 0.4) is 0 Å². The monoisotopic (exact) mass is 388 g/mol. The largest absolute Gasteiger partial charge is 0.317 e. The maximum Gasteiger partial charge on any atom is 0.0184 e. The molecule has 1 N–H and O–H groups in total. The molecule has 2 nitrogen and oxygen atoms in total. The van der Waals surface area contributed by atoms with E-state index >= 15 is 0 Å². The first kappa shape index (κ1) is 21.2. The quantitative estimate of drug-likeness (QED) is 0.435. The number of thioether (sulfide) groups is 1. The van der Waals surface area contributed by atoms with Gasteiger partial charge in [0.25, 0.3) is 0 Å². The second-order valence-corrected chi connectivity index (χ2v) is 9.68. The fraction of sp³-hybridized carbons (Fsp3) is 0.750. The summed E-state index contributed by atoms with van der Waals surface area (Å²) in [5, 5.41) is 3.68. The van der Waals surface area contributed by atoms with Gasteiger partial charge in [-0.3, -0.25) is 0 Å². The molecule has 2 saturated carbocycles. The van der Waals surface area contributed by atoms with Gasteiger partial charge in [-0.2, -0.15) is 11.8 Å². The van der Waals surface area contributed by atoms with E-state index < -0.39 is 0 Å². The fourth-order valence-corrected chi connectivity index (χ4v) is 5.73. The molecule has 0 radical (unpaired) electrons. The summed E-state index contributed by atoms with van der Waals surface area (Å²) in [5.41, 5.74) is 1.45. The van der Waals surface area contributed by atoms with Crippen molar-refractivity contribution in [3.63, 3.8) is 0 Å². The fourth-order valence-electron chi connectivity index (χ4n) is 4.81. The van der Waals surface area contributed by atoms with Gasteiger partial charge in [-0.05, 0) is 75.4 Å². The summed E-state index contributed by atoms with van der Waals surface area (Å²) in [6.45, 7) is 5.07. The zero-order valence-electron chi connectivity index (χ0n) is 17.2. The van der Waals surface area contributed by atoms with Crippen molar-refractivity contribution in [1.82, 2.24) is 10.2 Å². The Morgan fingerprint density at radius 1 is 0.889 bits per heavy atom. The smallest absolute Gasteiger partial charge is 0.0184 e. The standard InChI is InChI=1S/C24H40N2S/c1-2-12-23(13-3-1)21-27-19-9-17-25-16-8-18-26(24-14-6-7-15-24)20-22-10-4-5-11-22/h1-3,12-13,22,24-25H,4-11,14-21H2. The van der Waals surface area contributed by atoms with Gasteiger partial charge in [0.1, 0.15) is 0 Å². The molecule has 1 aromatic rings. The van der Waals surface area contributed by atoms with Gasteiger partial charge in [0.2, 0.25) is 0 Å². The molecule has 0 heterocycles. The summed E-state index contributed by atoms with van der Waals surface area (Å²) in [6, 6.07) is 11.7. The molecular formula is C24H40N2S. The number of nitrogens with one attached hydrogen (secondary N) is 1. The van der Waals surface area contributed by atoms with Crippen LogP contribution in [0, 0.1) is 5.92 Å². The van der Waals surface area contributed by atoms with Gasteiger partial charge in [-0.1, -0.05) is 56.0 Å². The minimum absolute atomic E-state index is 0.903. The van der Waals surface area contributed by atoms with E-state index in [4.69, 9.17) is 0 Å². The van der Waals surface area contributed by atoms with E-state index in [2.05, 4.69) is 52.3 Å². The van der Waals surface area contributed by atoms with Crippen molar-refractivity contribution < 1.29 is 0 Å². The van der Waals surface area contributed by atoms with Crippen LogP contribution in [0.15, 0.2) is 30.3 Å². The van der Waals surface area contributed by atoms with Crippen molar-refractivity contribution in [3.8, 4) is 0 Å². The molecule has 2 fully saturated rings. The van der Waals surface area contributed by atoms with Gasteiger partial charge < -0.3 is 10.2 Å². The molecule has 0 aliphatic heterocycles. The summed E-state index contributed by atoms with van der Waals surface area (Å²) < 4.78 is 0. The van der Waals surface area contributed by atoms with Gasteiger partial charge in [-0.25, -0.2) is 0 Å². The number of nitrogens with zero attached hydrogens (tertiary/aromatic N) is 1. The van der Waals surface area contributed by atoms with Crippen LogP contribution in [-0.2, 0) is 5.75 Å². The Labute approximate surface area is 171 Å². The lowest BCUT2D eigenvalue weighted by molar-refractivity contribution is 0.166. The molecule has 0 saturated heterocycles. The number of benzene rings is 1. The molecule has 3 heteroatoms.